The van der Waals surface area contributed by atoms with Crippen molar-refractivity contribution in [3.8, 4) is 0 Å². The number of aryl methyl sites for hydroxylation is 2. The van der Waals surface area contributed by atoms with Crippen molar-refractivity contribution in [3.63, 3.8) is 0 Å². The summed E-state index contributed by atoms with van der Waals surface area (Å²) in [5.74, 6) is 0.679. The molecule has 1 aliphatic rings. The average molecular weight is 278 g/mol. The van der Waals surface area contributed by atoms with Crippen LogP contribution in [0, 0.1) is 5.92 Å². The number of nitrogens with zero attached hydrogens (tertiary/aromatic N) is 3. The van der Waals surface area contributed by atoms with Crippen molar-refractivity contribution in [1.82, 2.24) is 14.7 Å². The number of rotatable bonds is 7. The largest absolute Gasteiger partial charge is 0.330 e. The van der Waals surface area contributed by atoms with Gasteiger partial charge in [-0.05, 0) is 51.3 Å². The standard InChI is InChI=1S/C16H30N4/c1-4-14-10-15(20(6-3)18-14)12-19(5-2)16-9-7-8-13(16)11-17/h10,13,16H,4-9,11-12,17H2,1-3H3. The first-order chi connectivity index (χ1) is 9.73. The molecule has 0 aliphatic heterocycles. The van der Waals surface area contributed by atoms with Crippen LogP contribution < -0.4 is 5.73 Å². The van der Waals surface area contributed by atoms with Gasteiger partial charge in [-0.2, -0.15) is 5.10 Å². The summed E-state index contributed by atoms with van der Waals surface area (Å²) in [6.07, 6.45) is 4.94. The number of nitrogens with two attached hydrogens (primary N) is 1. The Kier molecular flexibility index (Phi) is 5.61. The number of aromatic nitrogens is 2. The summed E-state index contributed by atoms with van der Waals surface area (Å²) >= 11 is 0. The zero-order chi connectivity index (χ0) is 14.5. The van der Waals surface area contributed by atoms with Crippen LogP contribution >= 0.6 is 0 Å². The molecule has 114 valence electrons. The maximum absolute atomic E-state index is 5.95. The molecule has 1 fully saturated rings. The molecule has 4 nitrogen and oxygen atoms in total. The van der Waals surface area contributed by atoms with Crippen molar-refractivity contribution in [3.05, 3.63) is 17.5 Å². The van der Waals surface area contributed by atoms with E-state index in [9.17, 15) is 0 Å². The topological polar surface area (TPSA) is 47.1 Å². The molecule has 1 saturated carbocycles. The third-order valence-electron chi connectivity index (χ3n) is 4.74. The highest BCUT2D eigenvalue weighted by molar-refractivity contribution is 5.11. The van der Waals surface area contributed by atoms with E-state index in [0.717, 1.165) is 32.6 Å². The number of hydrogen-bond donors (Lipinski definition) is 1. The van der Waals surface area contributed by atoms with Crippen molar-refractivity contribution < 1.29 is 0 Å². The summed E-state index contributed by atoms with van der Waals surface area (Å²) in [5, 5.41) is 4.67. The first kappa shape index (κ1) is 15.5. The van der Waals surface area contributed by atoms with Gasteiger partial charge in [-0.3, -0.25) is 9.58 Å². The van der Waals surface area contributed by atoms with E-state index in [1.165, 1.54) is 30.7 Å². The Bertz CT molecular complexity index is 413. The molecular weight excluding hydrogens is 248 g/mol. The highest BCUT2D eigenvalue weighted by atomic mass is 15.3. The van der Waals surface area contributed by atoms with Crippen LogP contribution in [0.3, 0.4) is 0 Å². The van der Waals surface area contributed by atoms with E-state index < -0.39 is 0 Å². The minimum absolute atomic E-state index is 0.662. The van der Waals surface area contributed by atoms with E-state index in [2.05, 4.69) is 41.5 Å². The Labute approximate surface area is 123 Å². The molecule has 1 aromatic rings. The minimum Gasteiger partial charge on any atom is -0.330 e. The third kappa shape index (κ3) is 3.23. The van der Waals surface area contributed by atoms with E-state index in [4.69, 9.17) is 5.73 Å². The lowest BCUT2D eigenvalue weighted by atomic mass is 10.0. The Morgan fingerprint density at radius 1 is 1.35 bits per heavy atom. The maximum Gasteiger partial charge on any atom is 0.0625 e. The summed E-state index contributed by atoms with van der Waals surface area (Å²) < 4.78 is 2.16. The normalized spacial score (nSPS) is 22.9. The lowest BCUT2D eigenvalue weighted by molar-refractivity contribution is 0.158. The first-order valence-electron chi connectivity index (χ1n) is 8.23. The van der Waals surface area contributed by atoms with E-state index in [1.807, 2.05) is 0 Å². The third-order valence-corrected chi connectivity index (χ3v) is 4.74. The first-order valence-corrected chi connectivity index (χ1v) is 8.23. The monoisotopic (exact) mass is 278 g/mol. The summed E-state index contributed by atoms with van der Waals surface area (Å²) in [5.41, 5.74) is 8.51. The van der Waals surface area contributed by atoms with E-state index >= 15 is 0 Å². The molecule has 4 heteroatoms. The lowest BCUT2D eigenvalue weighted by Gasteiger charge is -2.31. The highest BCUT2D eigenvalue weighted by Crippen LogP contribution is 2.30. The predicted molar refractivity (Wildman–Crippen MR) is 83.5 cm³/mol. The van der Waals surface area contributed by atoms with Gasteiger partial charge in [0.15, 0.2) is 0 Å². The van der Waals surface area contributed by atoms with Crippen molar-refractivity contribution in [2.45, 2.75) is 65.6 Å². The molecule has 0 amide bonds. The molecule has 2 rings (SSSR count). The lowest BCUT2D eigenvalue weighted by Crippen LogP contribution is -2.40. The fourth-order valence-electron chi connectivity index (χ4n) is 3.53. The van der Waals surface area contributed by atoms with Gasteiger partial charge in [0.25, 0.3) is 0 Å². The molecule has 0 radical (unpaired) electrons. The molecule has 0 spiro atoms. The molecule has 1 heterocycles. The van der Waals surface area contributed by atoms with Crippen LogP contribution in [0.25, 0.3) is 0 Å². The minimum atomic E-state index is 0.662. The van der Waals surface area contributed by atoms with Crippen LogP contribution in [0.5, 0.6) is 0 Å². The molecule has 1 aliphatic carbocycles. The highest BCUT2D eigenvalue weighted by Gasteiger charge is 2.30. The summed E-state index contributed by atoms with van der Waals surface area (Å²) in [4.78, 5) is 2.60. The van der Waals surface area contributed by atoms with E-state index in [-0.39, 0.29) is 0 Å². The van der Waals surface area contributed by atoms with Crippen LogP contribution in [0.2, 0.25) is 0 Å². The van der Waals surface area contributed by atoms with Gasteiger partial charge in [0.2, 0.25) is 0 Å². The quantitative estimate of drug-likeness (QED) is 0.833. The van der Waals surface area contributed by atoms with Crippen molar-refractivity contribution >= 4 is 0 Å². The predicted octanol–water partition coefficient (Wildman–Crippen LogP) is 2.41. The second-order valence-corrected chi connectivity index (χ2v) is 5.85. The van der Waals surface area contributed by atoms with Crippen LogP contribution in [0.4, 0.5) is 0 Å². The molecular formula is C16H30N4. The van der Waals surface area contributed by atoms with Crippen molar-refractivity contribution in [1.29, 1.82) is 0 Å². The van der Waals surface area contributed by atoms with E-state index in [0.29, 0.717) is 12.0 Å². The van der Waals surface area contributed by atoms with Gasteiger partial charge in [-0.1, -0.05) is 20.3 Å². The van der Waals surface area contributed by atoms with E-state index in [1.54, 1.807) is 0 Å². The Balaban J connectivity index is 2.11. The van der Waals surface area contributed by atoms with Gasteiger partial charge < -0.3 is 5.73 Å². The average Bonchev–Trinajstić information content (AvgIpc) is 3.10. The van der Waals surface area contributed by atoms with Crippen LogP contribution in [-0.4, -0.2) is 33.8 Å². The second-order valence-electron chi connectivity index (χ2n) is 5.85. The van der Waals surface area contributed by atoms with Gasteiger partial charge in [0, 0.05) is 19.1 Å². The molecule has 2 unspecified atom stereocenters. The maximum atomic E-state index is 5.95. The molecule has 0 saturated heterocycles. The van der Waals surface area contributed by atoms with Crippen molar-refractivity contribution in [2.75, 3.05) is 13.1 Å². The number of hydrogen-bond acceptors (Lipinski definition) is 3. The molecule has 2 atom stereocenters. The smallest absolute Gasteiger partial charge is 0.0625 e. The molecule has 20 heavy (non-hydrogen) atoms. The summed E-state index contributed by atoms with van der Waals surface area (Å²) in [6.45, 7) is 10.5. The molecule has 2 N–H and O–H groups in total. The second kappa shape index (κ2) is 7.23. The fourth-order valence-corrected chi connectivity index (χ4v) is 3.53. The van der Waals surface area contributed by atoms with Gasteiger partial charge in [-0.25, -0.2) is 0 Å². The van der Waals surface area contributed by atoms with Gasteiger partial charge in [0.05, 0.1) is 11.4 Å². The van der Waals surface area contributed by atoms with Crippen LogP contribution in [-0.2, 0) is 19.5 Å². The summed E-state index contributed by atoms with van der Waals surface area (Å²) in [7, 11) is 0. The fraction of sp³-hybridized carbons (Fsp3) is 0.812. The van der Waals surface area contributed by atoms with Gasteiger partial charge >= 0.3 is 0 Å². The zero-order valence-corrected chi connectivity index (χ0v) is 13.3. The SMILES string of the molecule is CCc1cc(CN(CC)C2CCCC2CN)n(CC)n1. The summed E-state index contributed by atoms with van der Waals surface area (Å²) in [6, 6.07) is 2.94. The Hall–Kier alpha value is -0.870. The Morgan fingerprint density at radius 3 is 2.75 bits per heavy atom. The van der Waals surface area contributed by atoms with Crippen molar-refractivity contribution in [2.24, 2.45) is 11.7 Å². The van der Waals surface area contributed by atoms with Crippen LogP contribution in [0.1, 0.15) is 51.4 Å². The Morgan fingerprint density at radius 2 is 2.15 bits per heavy atom. The van der Waals surface area contributed by atoms with Crippen LogP contribution in [0.15, 0.2) is 6.07 Å². The molecule has 1 aromatic heterocycles. The van der Waals surface area contributed by atoms with Gasteiger partial charge in [-0.15, -0.1) is 0 Å². The molecule has 0 bridgehead atoms. The molecule has 0 aromatic carbocycles. The van der Waals surface area contributed by atoms with Gasteiger partial charge in [0.1, 0.15) is 0 Å². The zero-order valence-electron chi connectivity index (χ0n) is 13.3.